The molecule has 0 N–H and O–H groups in total. The van der Waals surface area contributed by atoms with E-state index in [2.05, 4.69) is 56.7 Å². The summed E-state index contributed by atoms with van der Waals surface area (Å²) in [5.74, 6) is 1.03. The number of rotatable bonds is 2. The Bertz CT molecular complexity index is 622. The van der Waals surface area contributed by atoms with Gasteiger partial charge < -0.3 is 4.90 Å². The lowest BCUT2D eigenvalue weighted by Crippen LogP contribution is -2.28. The zero-order chi connectivity index (χ0) is 13.2. The number of halogens is 2. The van der Waals surface area contributed by atoms with E-state index in [-0.39, 0.29) is 0 Å². The molecule has 0 amide bonds. The average Bonchev–Trinajstić information content (AvgIpc) is 2.89. The van der Waals surface area contributed by atoms with Crippen molar-refractivity contribution < 1.29 is 0 Å². The first-order valence-electron chi connectivity index (χ1n) is 6.07. The zero-order valence-corrected chi connectivity index (χ0v) is 13.1. The smallest absolute Gasteiger partial charge is 0.135 e. The molecule has 2 aromatic rings. The summed E-state index contributed by atoms with van der Waals surface area (Å²) < 4.78 is 1.23. The molecule has 0 radical (unpaired) electrons. The highest BCUT2D eigenvalue weighted by molar-refractivity contribution is 14.1. The predicted octanol–water partition coefficient (Wildman–Crippen LogP) is 4.21. The molecule has 96 valence electrons. The molecule has 0 atom stereocenters. The first-order valence-corrected chi connectivity index (χ1v) is 7.53. The van der Waals surface area contributed by atoms with Crippen LogP contribution in [-0.4, -0.2) is 18.9 Å². The number of aliphatic imine (C=N–C) groups is 1. The molecule has 0 aliphatic carbocycles. The molecule has 19 heavy (non-hydrogen) atoms. The first kappa shape index (κ1) is 12.9. The van der Waals surface area contributed by atoms with Crippen molar-refractivity contribution in [2.24, 2.45) is 4.99 Å². The van der Waals surface area contributed by atoms with Gasteiger partial charge in [-0.15, -0.1) is 0 Å². The Hall–Kier alpha value is -1.07. The number of anilines is 1. The van der Waals surface area contributed by atoms with Gasteiger partial charge in [0.15, 0.2) is 0 Å². The third-order valence-electron chi connectivity index (χ3n) is 3.06. The first-order chi connectivity index (χ1) is 9.24. The molecule has 0 bridgehead atoms. The van der Waals surface area contributed by atoms with Gasteiger partial charge in [-0.3, -0.25) is 4.99 Å². The molecular weight excluding hydrogens is 371 g/mol. The largest absolute Gasteiger partial charge is 0.324 e. The molecule has 3 rings (SSSR count). The van der Waals surface area contributed by atoms with E-state index in [1.54, 1.807) is 0 Å². The Morgan fingerprint density at radius 2 is 1.89 bits per heavy atom. The number of nitrogens with zero attached hydrogens (tertiary/aromatic N) is 2. The fourth-order valence-electron chi connectivity index (χ4n) is 2.19. The Morgan fingerprint density at radius 1 is 1.11 bits per heavy atom. The highest BCUT2D eigenvalue weighted by Crippen LogP contribution is 2.23. The van der Waals surface area contributed by atoms with Crippen LogP contribution in [0.5, 0.6) is 0 Å². The van der Waals surface area contributed by atoms with Crippen LogP contribution in [0, 0.1) is 3.57 Å². The third kappa shape index (κ3) is 2.77. The van der Waals surface area contributed by atoms with Gasteiger partial charge in [-0.1, -0.05) is 17.7 Å². The molecule has 1 aliphatic heterocycles. The van der Waals surface area contributed by atoms with E-state index in [9.17, 15) is 0 Å². The van der Waals surface area contributed by atoms with Gasteiger partial charge in [-0.2, -0.15) is 0 Å². The fraction of sp³-hybridized carbons (Fsp3) is 0.133. The van der Waals surface area contributed by atoms with Crippen LogP contribution in [-0.2, 0) is 0 Å². The summed E-state index contributed by atoms with van der Waals surface area (Å²) in [6.07, 6.45) is 0. The molecule has 0 spiro atoms. The minimum absolute atomic E-state index is 0.753. The van der Waals surface area contributed by atoms with E-state index in [1.165, 1.54) is 9.26 Å². The second kappa shape index (κ2) is 5.51. The van der Waals surface area contributed by atoms with Crippen molar-refractivity contribution in [2.45, 2.75) is 0 Å². The summed E-state index contributed by atoms with van der Waals surface area (Å²) in [5.41, 5.74) is 2.30. The van der Waals surface area contributed by atoms with Gasteiger partial charge in [-0.25, -0.2) is 0 Å². The minimum Gasteiger partial charge on any atom is -0.324 e. The second-order valence-electron chi connectivity index (χ2n) is 4.34. The van der Waals surface area contributed by atoms with Crippen molar-refractivity contribution in [3.8, 4) is 0 Å². The number of hydrogen-bond acceptors (Lipinski definition) is 2. The summed E-state index contributed by atoms with van der Waals surface area (Å²) in [5, 5.41) is 0.753. The highest BCUT2D eigenvalue weighted by atomic mass is 127. The molecule has 0 aromatic heterocycles. The van der Waals surface area contributed by atoms with Gasteiger partial charge in [0.25, 0.3) is 0 Å². The van der Waals surface area contributed by atoms with Crippen molar-refractivity contribution in [1.82, 2.24) is 0 Å². The third-order valence-corrected chi connectivity index (χ3v) is 3.99. The van der Waals surface area contributed by atoms with E-state index in [0.29, 0.717) is 0 Å². The van der Waals surface area contributed by atoms with E-state index in [1.807, 2.05) is 24.3 Å². The molecule has 1 aliphatic rings. The molecule has 0 saturated carbocycles. The SMILES string of the molecule is Clc1ccc(C2=NCCN2c2cccc(I)c2)cc1. The number of amidine groups is 1. The van der Waals surface area contributed by atoms with Crippen LogP contribution in [0.15, 0.2) is 53.5 Å². The molecule has 0 saturated heterocycles. The van der Waals surface area contributed by atoms with Crippen LogP contribution >= 0.6 is 34.2 Å². The fourth-order valence-corrected chi connectivity index (χ4v) is 2.84. The summed E-state index contributed by atoms with van der Waals surface area (Å²) >= 11 is 8.27. The Labute approximate surface area is 131 Å². The minimum atomic E-state index is 0.753. The van der Waals surface area contributed by atoms with Crippen molar-refractivity contribution in [2.75, 3.05) is 18.0 Å². The van der Waals surface area contributed by atoms with Gasteiger partial charge in [0.1, 0.15) is 5.84 Å². The maximum atomic E-state index is 5.94. The van der Waals surface area contributed by atoms with Gasteiger partial charge in [0, 0.05) is 26.4 Å². The lowest BCUT2D eigenvalue weighted by molar-refractivity contribution is 1.02. The standard InChI is InChI=1S/C15H12ClIN2/c16-12-6-4-11(5-7-12)15-18-8-9-19(15)14-3-1-2-13(17)10-14/h1-7,10H,8-9H2. The van der Waals surface area contributed by atoms with Crippen LogP contribution in [0.25, 0.3) is 0 Å². The highest BCUT2D eigenvalue weighted by Gasteiger charge is 2.20. The van der Waals surface area contributed by atoms with Crippen LogP contribution < -0.4 is 4.90 Å². The monoisotopic (exact) mass is 382 g/mol. The molecule has 0 unspecified atom stereocenters. The van der Waals surface area contributed by atoms with Crippen molar-refractivity contribution in [3.05, 3.63) is 62.7 Å². The second-order valence-corrected chi connectivity index (χ2v) is 6.03. The topological polar surface area (TPSA) is 15.6 Å². The molecule has 4 heteroatoms. The molecule has 2 aromatic carbocycles. The summed E-state index contributed by atoms with van der Waals surface area (Å²) in [4.78, 5) is 6.88. The van der Waals surface area contributed by atoms with Crippen LogP contribution in [0.1, 0.15) is 5.56 Å². The Balaban J connectivity index is 1.95. The van der Waals surface area contributed by atoms with Crippen LogP contribution in [0.2, 0.25) is 5.02 Å². The zero-order valence-electron chi connectivity index (χ0n) is 10.2. The van der Waals surface area contributed by atoms with Crippen molar-refractivity contribution in [3.63, 3.8) is 0 Å². The number of hydrogen-bond donors (Lipinski definition) is 0. The summed E-state index contributed by atoms with van der Waals surface area (Å²) in [6.45, 7) is 1.77. The van der Waals surface area contributed by atoms with Crippen LogP contribution in [0.4, 0.5) is 5.69 Å². The quantitative estimate of drug-likeness (QED) is 0.710. The summed E-state index contributed by atoms with van der Waals surface area (Å²) in [7, 11) is 0. The molecule has 0 fully saturated rings. The van der Waals surface area contributed by atoms with E-state index in [0.717, 1.165) is 29.5 Å². The average molecular weight is 383 g/mol. The Morgan fingerprint density at radius 3 is 2.63 bits per heavy atom. The molecule has 1 heterocycles. The molecular formula is C15H12ClIN2. The van der Waals surface area contributed by atoms with Crippen molar-refractivity contribution in [1.29, 1.82) is 0 Å². The lowest BCUT2D eigenvalue weighted by atomic mass is 10.2. The maximum absolute atomic E-state index is 5.94. The lowest BCUT2D eigenvalue weighted by Gasteiger charge is -2.21. The van der Waals surface area contributed by atoms with E-state index < -0.39 is 0 Å². The maximum Gasteiger partial charge on any atom is 0.135 e. The Kier molecular flexibility index (Phi) is 3.75. The predicted molar refractivity (Wildman–Crippen MR) is 89.4 cm³/mol. The van der Waals surface area contributed by atoms with Gasteiger partial charge >= 0.3 is 0 Å². The van der Waals surface area contributed by atoms with Crippen LogP contribution in [0.3, 0.4) is 0 Å². The van der Waals surface area contributed by atoms with E-state index >= 15 is 0 Å². The van der Waals surface area contributed by atoms with E-state index in [4.69, 9.17) is 11.6 Å². The summed E-state index contributed by atoms with van der Waals surface area (Å²) in [6, 6.07) is 16.3. The molecule has 2 nitrogen and oxygen atoms in total. The normalized spacial score (nSPS) is 14.6. The van der Waals surface area contributed by atoms with Gasteiger partial charge in [0.05, 0.1) is 6.54 Å². The van der Waals surface area contributed by atoms with Crippen molar-refractivity contribution >= 4 is 45.7 Å². The number of benzene rings is 2. The van der Waals surface area contributed by atoms with Gasteiger partial charge in [0.2, 0.25) is 0 Å². The van der Waals surface area contributed by atoms with Gasteiger partial charge in [-0.05, 0) is 65.1 Å².